The van der Waals surface area contributed by atoms with E-state index in [4.69, 9.17) is 5.73 Å². The van der Waals surface area contributed by atoms with Crippen LogP contribution in [0.5, 0.6) is 0 Å². The summed E-state index contributed by atoms with van der Waals surface area (Å²) in [4.78, 5) is 4.46. The molecule has 1 heterocycles. The van der Waals surface area contributed by atoms with Crippen molar-refractivity contribution in [1.82, 2.24) is 9.55 Å². The number of para-hydroxylation sites is 1. The third-order valence-corrected chi connectivity index (χ3v) is 3.39. The SMILES string of the molecule is CC1(c2cn(-c3ccccc3)c(N)n2)CC1. The first-order chi connectivity index (χ1) is 7.69. The smallest absolute Gasteiger partial charge is 0.205 e. The molecule has 1 saturated carbocycles. The molecule has 0 amide bonds. The molecular weight excluding hydrogens is 198 g/mol. The van der Waals surface area contributed by atoms with Gasteiger partial charge in [0.15, 0.2) is 0 Å². The number of benzene rings is 1. The zero-order chi connectivity index (χ0) is 11.2. The zero-order valence-electron chi connectivity index (χ0n) is 9.35. The highest BCUT2D eigenvalue weighted by molar-refractivity contribution is 5.42. The molecule has 0 atom stereocenters. The van der Waals surface area contributed by atoms with Gasteiger partial charge in [0.1, 0.15) is 0 Å². The first-order valence-electron chi connectivity index (χ1n) is 5.60. The third kappa shape index (κ3) is 1.40. The van der Waals surface area contributed by atoms with Crippen LogP contribution in [0.1, 0.15) is 25.5 Å². The molecule has 1 aliphatic carbocycles. The van der Waals surface area contributed by atoms with Crippen molar-refractivity contribution >= 4 is 5.95 Å². The molecule has 1 aliphatic rings. The summed E-state index contributed by atoms with van der Waals surface area (Å²) in [5.74, 6) is 0.578. The molecule has 2 aromatic rings. The average Bonchev–Trinajstić information content (AvgIpc) is 2.92. The zero-order valence-corrected chi connectivity index (χ0v) is 9.35. The molecule has 0 unspecified atom stereocenters. The van der Waals surface area contributed by atoms with Gasteiger partial charge in [0.25, 0.3) is 0 Å². The van der Waals surface area contributed by atoms with Crippen LogP contribution in [0, 0.1) is 0 Å². The second kappa shape index (κ2) is 3.11. The van der Waals surface area contributed by atoms with E-state index in [1.165, 1.54) is 12.8 Å². The van der Waals surface area contributed by atoms with Crippen molar-refractivity contribution in [2.24, 2.45) is 0 Å². The van der Waals surface area contributed by atoms with Crippen LogP contribution >= 0.6 is 0 Å². The van der Waals surface area contributed by atoms with Crippen LogP contribution < -0.4 is 5.73 Å². The maximum Gasteiger partial charge on any atom is 0.205 e. The van der Waals surface area contributed by atoms with E-state index in [9.17, 15) is 0 Å². The molecule has 16 heavy (non-hydrogen) atoms. The van der Waals surface area contributed by atoms with Gasteiger partial charge in [0.05, 0.1) is 5.69 Å². The molecule has 82 valence electrons. The van der Waals surface area contributed by atoms with Crippen LogP contribution in [0.25, 0.3) is 5.69 Å². The van der Waals surface area contributed by atoms with Gasteiger partial charge in [-0.15, -0.1) is 0 Å². The van der Waals surface area contributed by atoms with E-state index < -0.39 is 0 Å². The third-order valence-electron chi connectivity index (χ3n) is 3.39. The standard InChI is InChI=1S/C13H15N3/c1-13(7-8-13)11-9-16(12(14)15-11)10-5-3-2-4-6-10/h2-6,9H,7-8H2,1H3,(H2,14,15). The fraction of sp³-hybridized carbons (Fsp3) is 0.308. The Morgan fingerprint density at radius 3 is 2.56 bits per heavy atom. The van der Waals surface area contributed by atoms with Crippen LogP contribution in [0.4, 0.5) is 5.95 Å². The van der Waals surface area contributed by atoms with Crippen molar-refractivity contribution in [2.45, 2.75) is 25.2 Å². The molecular formula is C13H15N3. The van der Waals surface area contributed by atoms with Crippen molar-refractivity contribution in [3.05, 3.63) is 42.2 Å². The minimum Gasteiger partial charge on any atom is -0.369 e. The van der Waals surface area contributed by atoms with Crippen molar-refractivity contribution < 1.29 is 0 Å². The van der Waals surface area contributed by atoms with E-state index in [1.54, 1.807) is 0 Å². The van der Waals surface area contributed by atoms with Crippen molar-refractivity contribution in [3.8, 4) is 5.69 Å². The van der Waals surface area contributed by atoms with Gasteiger partial charge in [0, 0.05) is 17.3 Å². The number of nitrogens with zero attached hydrogens (tertiary/aromatic N) is 2. The van der Waals surface area contributed by atoms with Gasteiger partial charge in [0.2, 0.25) is 5.95 Å². The Labute approximate surface area is 94.9 Å². The normalized spacial score (nSPS) is 17.3. The van der Waals surface area contributed by atoms with Gasteiger partial charge in [-0.3, -0.25) is 4.57 Å². The van der Waals surface area contributed by atoms with Crippen molar-refractivity contribution in [1.29, 1.82) is 0 Å². The highest BCUT2D eigenvalue weighted by Crippen LogP contribution is 2.47. The number of hydrogen-bond acceptors (Lipinski definition) is 2. The fourth-order valence-corrected chi connectivity index (χ4v) is 1.92. The van der Waals surface area contributed by atoms with E-state index >= 15 is 0 Å². The number of rotatable bonds is 2. The maximum atomic E-state index is 5.95. The Balaban J connectivity index is 2.06. The molecule has 3 heteroatoms. The Hall–Kier alpha value is -1.77. The second-order valence-corrected chi connectivity index (χ2v) is 4.75. The summed E-state index contributed by atoms with van der Waals surface area (Å²) < 4.78 is 1.96. The van der Waals surface area contributed by atoms with Crippen LogP contribution in [-0.2, 0) is 5.41 Å². The molecule has 0 spiro atoms. The Bertz CT molecular complexity index is 509. The monoisotopic (exact) mass is 213 g/mol. The van der Waals surface area contributed by atoms with Gasteiger partial charge >= 0.3 is 0 Å². The van der Waals surface area contributed by atoms with Gasteiger partial charge in [-0.2, -0.15) is 0 Å². The number of anilines is 1. The van der Waals surface area contributed by atoms with E-state index in [0.29, 0.717) is 5.95 Å². The highest BCUT2D eigenvalue weighted by atomic mass is 15.2. The Kier molecular flexibility index (Phi) is 1.84. The van der Waals surface area contributed by atoms with Crippen LogP contribution in [0.15, 0.2) is 36.5 Å². The van der Waals surface area contributed by atoms with Crippen LogP contribution in [0.3, 0.4) is 0 Å². The van der Waals surface area contributed by atoms with E-state index in [2.05, 4.69) is 18.1 Å². The van der Waals surface area contributed by atoms with E-state index in [0.717, 1.165) is 11.4 Å². The summed E-state index contributed by atoms with van der Waals surface area (Å²) in [5, 5.41) is 0. The summed E-state index contributed by atoms with van der Waals surface area (Å²) in [6, 6.07) is 10.1. The molecule has 0 saturated heterocycles. The first kappa shape index (κ1) is 9.46. The largest absolute Gasteiger partial charge is 0.369 e. The lowest BCUT2D eigenvalue weighted by Crippen LogP contribution is -1.99. The summed E-state index contributed by atoms with van der Waals surface area (Å²) in [6.45, 7) is 2.24. The molecule has 3 rings (SSSR count). The number of aromatic nitrogens is 2. The lowest BCUT2D eigenvalue weighted by molar-refractivity contribution is 0.757. The van der Waals surface area contributed by atoms with Gasteiger partial charge < -0.3 is 5.73 Å². The minimum absolute atomic E-state index is 0.272. The van der Waals surface area contributed by atoms with Crippen molar-refractivity contribution in [2.75, 3.05) is 5.73 Å². The lowest BCUT2D eigenvalue weighted by Gasteiger charge is -2.03. The highest BCUT2D eigenvalue weighted by Gasteiger charge is 2.41. The molecule has 0 radical (unpaired) electrons. The van der Waals surface area contributed by atoms with Gasteiger partial charge in [-0.05, 0) is 25.0 Å². The second-order valence-electron chi connectivity index (χ2n) is 4.75. The summed E-state index contributed by atoms with van der Waals surface area (Å²) >= 11 is 0. The Morgan fingerprint density at radius 1 is 1.25 bits per heavy atom. The molecule has 1 aromatic heterocycles. The molecule has 1 aromatic carbocycles. The number of hydrogen-bond donors (Lipinski definition) is 1. The maximum absolute atomic E-state index is 5.95. The molecule has 0 aliphatic heterocycles. The van der Waals surface area contributed by atoms with Crippen molar-refractivity contribution in [3.63, 3.8) is 0 Å². The van der Waals surface area contributed by atoms with Gasteiger partial charge in [-0.25, -0.2) is 4.98 Å². The molecule has 0 bridgehead atoms. The average molecular weight is 213 g/mol. The summed E-state index contributed by atoms with van der Waals surface area (Å²) in [5.41, 5.74) is 8.41. The van der Waals surface area contributed by atoms with Crippen LogP contribution in [0.2, 0.25) is 0 Å². The van der Waals surface area contributed by atoms with E-state index in [1.807, 2.05) is 34.9 Å². The summed E-state index contributed by atoms with van der Waals surface area (Å²) in [7, 11) is 0. The minimum atomic E-state index is 0.272. The summed E-state index contributed by atoms with van der Waals surface area (Å²) in [6.07, 6.45) is 4.51. The first-order valence-corrected chi connectivity index (χ1v) is 5.60. The fourth-order valence-electron chi connectivity index (χ4n) is 1.92. The topological polar surface area (TPSA) is 43.8 Å². The van der Waals surface area contributed by atoms with Crippen LogP contribution in [-0.4, -0.2) is 9.55 Å². The van der Waals surface area contributed by atoms with Gasteiger partial charge in [-0.1, -0.05) is 25.1 Å². The molecule has 1 fully saturated rings. The number of nitrogen functional groups attached to an aromatic ring is 1. The predicted octanol–water partition coefficient (Wildman–Crippen LogP) is 2.51. The van der Waals surface area contributed by atoms with E-state index in [-0.39, 0.29) is 5.41 Å². The quantitative estimate of drug-likeness (QED) is 0.833. The number of imidazole rings is 1. The molecule has 2 N–H and O–H groups in total. The number of nitrogens with two attached hydrogens (primary N) is 1. The Morgan fingerprint density at radius 2 is 1.94 bits per heavy atom. The molecule has 3 nitrogen and oxygen atoms in total. The predicted molar refractivity (Wildman–Crippen MR) is 64.6 cm³/mol. The lowest BCUT2D eigenvalue weighted by atomic mass is 10.1.